The molecule has 20 heavy (non-hydrogen) atoms. The van der Waals surface area contributed by atoms with Gasteiger partial charge < -0.3 is 15.0 Å². The van der Waals surface area contributed by atoms with Crippen molar-refractivity contribution in [3.8, 4) is 0 Å². The Balaban J connectivity index is 1.67. The third kappa shape index (κ3) is 2.80. The van der Waals surface area contributed by atoms with Crippen molar-refractivity contribution in [3.63, 3.8) is 0 Å². The second-order valence-electron chi connectivity index (χ2n) is 5.91. The minimum Gasteiger partial charge on any atom is -0.385 e. The van der Waals surface area contributed by atoms with Crippen LogP contribution in [0.25, 0.3) is 11.0 Å². The van der Waals surface area contributed by atoms with Crippen LogP contribution >= 0.6 is 0 Å². The summed E-state index contributed by atoms with van der Waals surface area (Å²) in [7, 11) is 1.79. The molecule has 4 heteroatoms. The Labute approximate surface area is 119 Å². The standard InChI is InChI=1S/C16H23N3O/c1-20-11-10-16(8-4-5-9-16)12-17-15-18-13-6-2-3-7-14(13)19-15/h2-3,6-7H,4-5,8-12H2,1H3,(H2,17,18,19). The molecule has 0 saturated heterocycles. The SMILES string of the molecule is COCCC1(CNc2nc3ccccc3[nH]2)CCCC1. The number of para-hydroxylation sites is 2. The van der Waals surface area contributed by atoms with Gasteiger partial charge in [-0.2, -0.15) is 0 Å². The number of nitrogens with zero attached hydrogens (tertiary/aromatic N) is 1. The van der Waals surface area contributed by atoms with Crippen molar-refractivity contribution in [1.29, 1.82) is 0 Å². The summed E-state index contributed by atoms with van der Waals surface area (Å²) in [6.45, 7) is 1.83. The van der Waals surface area contributed by atoms with Crippen LogP contribution in [-0.4, -0.2) is 30.2 Å². The number of imidazole rings is 1. The number of ether oxygens (including phenoxy) is 1. The van der Waals surface area contributed by atoms with Crippen molar-refractivity contribution in [2.24, 2.45) is 5.41 Å². The van der Waals surface area contributed by atoms with Crippen LogP contribution in [0.4, 0.5) is 5.95 Å². The molecule has 4 nitrogen and oxygen atoms in total. The highest BCUT2D eigenvalue weighted by Crippen LogP contribution is 2.41. The van der Waals surface area contributed by atoms with Gasteiger partial charge in [0.2, 0.25) is 5.95 Å². The molecular formula is C16H23N3O. The largest absolute Gasteiger partial charge is 0.385 e. The molecule has 0 bridgehead atoms. The predicted molar refractivity (Wildman–Crippen MR) is 82.0 cm³/mol. The van der Waals surface area contributed by atoms with Gasteiger partial charge in [0.15, 0.2) is 0 Å². The maximum Gasteiger partial charge on any atom is 0.201 e. The molecule has 3 rings (SSSR count). The van der Waals surface area contributed by atoms with Gasteiger partial charge in [-0.15, -0.1) is 0 Å². The molecule has 1 aliphatic carbocycles. The summed E-state index contributed by atoms with van der Waals surface area (Å²) in [6.07, 6.45) is 6.40. The van der Waals surface area contributed by atoms with Gasteiger partial charge in [-0.25, -0.2) is 4.98 Å². The number of hydrogen-bond donors (Lipinski definition) is 2. The van der Waals surface area contributed by atoms with Crippen molar-refractivity contribution in [2.75, 3.05) is 25.6 Å². The Morgan fingerprint density at radius 2 is 2.10 bits per heavy atom. The second kappa shape index (κ2) is 5.83. The maximum absolute atomic E-state index is 5.28. The molecule has 1 aromatic heterocycles. The van der Waals surface area contributed by atoms with Crippen LogP contribution in [0.15, 0.2) is 24.3 Å². The highest BCUT2D eigenvalue weighted by Gasteiger charge is 2.33. The molecule has 0 aliphatic heterocycles. The summed E-state index contributed by atoms with van der Waals surface area (Å²) in [5, 5.41) is 3.50. The lowest BCUT2D eigenvalue weighted by Crippen LogP contribution is -2.28. The zero-order valence-electron chi connectivity index (χ0n) is 12.1. The summed E-state index contributed by atoms with van der Waals surface area (Å²) >= 11 is 0. The van der Waals surface area contributed by atoms with E-state index in [1.54, 1.807) is 7.11 Å². The first kappa shape index (κ1) is 13.4. The lowest BCUT2D eigenvalue weighted by atomic mass is 9.83. The molecule has 0 spiro atoms. The lowest BCUT2D eigenvalue weighted by Gasteiger charge is -2.28. The van der Waals surface area contributed by atoms with E-state index in [0.717, 1.165) is 36.6 Å². The normalized spacial score (nSPS) is 17.6. The molecule has 1 aromatic carbocycles. The van der Waals surface area contributed by atoms with Crippen LogP contribution in [0.2, 0.25) is 0 Å². The minimum atomic E-state index is 0.384. The number of benzene rings is 1. The fourth-order valence-electron chi connectivity index (χ4n) is 3.27. The number of anilines is 1. The molecule has 0 unspecified atom stereocenters. The summed E-state index contributed by atoms with van der Waals surface area (Å²) in [5.74, 6) is 0.884. The van der Waals surface area contributed by atoms with Crippen LogP contribution in [0.5, 0.6) is 0 Å². The number of aromatic nitrogens is 2. The van der Waals surface area contributed by atoms with Crippen LogP contribution < -0.4 is 5.32 Å². The second-order valence-corrected chi connectivity index (χ2v) is 5.91. The molecule has 0 amide bonds. The van der Waals surface area contributed by atoms with Crippen molar-refractivity contribution in [2.45, 2.75) is 32.1 Å². The van der Waals surface area contributed by atoms with E-state index in [-0.39, 0.29) is 0 Å². The zero-order chi connectivity index (χ0) is 13.8. The molecule has 1 saturated carbocycles. The minimum absolute atomic E-state index is 0.384. The first-order chi connectivity index (χ1) is 9.81. The van der Waals surface area contributed by atoms with Crippen molar-refractivity contribution in [1.82, 2.24) is 9.97 Å². The molecule has 0 atom stereocenters. The number of fused-ring (bicyclic) bond motifs is 1. The zero-order valence-corrected chi connectivity index (χ0v) is 12.1. The van der Waals surface area contributed by atoms with Crippen molar-refractivity contribution >= 4 is 17.0 Å². The molecular weight excluding hydrogens is 250 g/mol. The van der Waals surface area contributed by atoms with E-state index in [9.17, 15) is 0 Å². The monoisotopic (exact) mass is 273 g/mol. The number of rotatable bonds is 6. The fourth-order valence-corrected chi connectivity index (χ4v) is 3.27. The van der Waals surface area contributed by atoms with E-state index >= 15 is 0 Å². The highest BCUT2D eigenvalue weighted by molar-refractivity contribution is 5.77. The molecule has 108 valence electrons. The summed E-state index contributed by atoms with van der Waals surface area (Å²) in [4.78, 5) is 7.93. The molecule has 1 heterocycles. The highest BCUT2D eigenvalue weighted by atomic mass is 16.5. The van der Waals surface area contributed by atoms with E-state index in [1.165, 1.54) is 25.7 Å². The number of hydrogen-bond acceptors (Lipinski definition) is 3. The van der Waals surface area contributed by atoms with E-state index in [4.69, 9.17) is 4.74 Å². The van der Waals surface area contributed by atoms with Crippen molar-refractivity contribution < 1.29 is 4.74 Å². The topological polar surface area (TPSA) is 49.9 Å². The van der Waals surface area contributed by atoms with Gasteiger partial charge in [-0.05, 0) is 36.8 Å². The van der Waals surface area contributed by atoms with Crippen LogP contribution in [-0.2, 0) is 4.74 Å². The van der Waals surface area contributed by atoms with Crippen molar-refractivity contribution in [3.05, 3.63) is 24.3 Å². The smallest absolute Gasteiger partial charge is 0.201 e. The Hall–Kier alpha value is -1.55. The molecule has 2 N–H and O–H groups in total. The quantitative estimate of drug-likeness (QED) is 0.846. The van der Waals surface area contributed by atoms with Crippen LogP contribution in [0.1, 0.15) is 32.1 Å². The predicted octanol–water partition coefficient (Wildman–Crippen LogP) is 3.57. The average molecular weight is 273 g/mol. The summed E-state index contributed by atoms with van der Waals surface area (Å²) in [6, 6.07) is 8.14. The first-order valence-corrected chi connectivity index (χ1v) is 7.49. The number of H-pyrrole nitrogens is 1. The van der Waals surface area contributed by atoms with Gasteiger partial charge in [0, 0.05) is 20.3 Å². The summed E-state index contributed by atoms with van der Waals surface area (Å²) in [5.41, 5.74) is 2.49. The van der Waals surface area contributed by atoms with Gasteiger partial charge in [-0.3, -0.25) is 0 Å². The van der Waals surface area contributed by atoms with Gasteiger partial charge in [-0.1, -0.05) is 25.0 Å². The van der Waals surface area contributed by atoms with Crippen LogP contribution in [0, 0.1) is 5.41 Å². The number of aromatic amines is 1. The maximum atomic E-state index is 5.28. The van der Waals surface area contributed by atoms with Gasteiger partial charge in [0.25, 0.3) is 0 Å². The Morgan fingerprint density at radius 1 is 1.30 bits per heavy atom. The van der Waals surface area contributed by atoms with E-state index in [1.807, 2.05) is 18.2 Å². The van der Waals surface area contributed by atoms with E-state index < -0.39 is 0 Å². The van der Waals surface area contributed by atoms with E-state index in [0.29, 0.717) is 5.41 Å². The average Bonchev–Trinajstić information content (AvgIpc) is 3.10. The lowest BCUT2D eigenvalue weighted by molar-refractivity contribution is 0.143. The first-order valence-electron chi connectivity index (χ1n) is 7.49. The third-order valence-corrected chi connectivity index (χ3v) is 4.52. The Kier molecular flexibility index (Phi) is 3.92. The molecule has 2 aromatic rings. The summed E-state index contributed by atoms with van der Waals surface area (Å²) < 4.78 is 5.28. The van der Waals surface area contributed by atoms with Gasteiger partial charge in [0.1, 0.15) is 0 Å². The van der Waals surface area contributed by atoms with Gasteiger partial charge in [0.05, 0.1) is 11.0 Å². The van der Waals surface area contributed by atoms with E-state index in [2.05, 4.69) is 21.4 Å². The molecule has 1 fully saturated rings. The molecule has 1 aliphatic rings. The Morgan fingerprint density at radius 3 is 2.85 bits per heavy atom. The van der Waals surface area contributed by atoms with Gasteiger partial charge >= 0.3 is 0 Å². The third-order valence-electron chi connectivity index (χ3n) is 4.52. The fraction of sp³-hybridized carbons (Fsp3) is 0.562. The number of nitrogens with one attached hydrogen (secondary N) is 2. The molecule has 0 radical (unpaired) electrons. The number of methoxy groups -OCH3 is 1. The Bertz CT molecular complexity index is 525. The van der Waals surface area contributed by atoms with Crippen LogP contribution in [0.3, 0.4) is 0 Å².